The van der Waals surface area contributed by atoms with Crippen LogP contribution in [-0.2, 0) is 14.3 Å². The Kier molecular flexibility index (Phi) is 4.03. The van der Waals surface area contributed by atoms with Crippen LogP contribution in [0.15, 0.2) is 24.3 Å². The Hall–Kier alpha value is -2.11. The van der Waals surface area contributed by atoms with Crippen LogP contribution in [-0.4, -0.2) is 31.8 Å². The molecule has 0 aromatic heterocycles. The van der Waals surface area contributed by atoms with Gasteiger partial charge in [-0.05, 0) is 18.2 Å². The minimum Gasteiger partial charge on any atom is -0.507 e. The number of hydrogen-bond donors (Lipinski definition) is 1. The molecule has 0 heterocycles. The predicted octanol–water partition coefficient (Wildman–Crippen LogP) is 0.260. The van der Waals surface area contributed by atoms with Crippen molar-refractivity contribution in [1.82, 2.24) is 0 Å². The minimum absolute atomic E-state index is 0.0450. The van der Waals surface area contributed by atoms with Gasteiger partial charge in [0, 0.05) is 11.6 Å². The van der Waals surface area contributed by atoms with Gasteiger partial charge in [-0.1, -0.05) is 5.46 Å². The van der Waals surface area contributed by atoms with Gasteiger partial charge in [-0.3, -0.25) is 4.79 Å². The summed E-state index contributed by atoms with van der Waals surface area (Å²) in [5.41, 5.74) is 0.0140. The highest BCUT2D eigenvalue weighted by atomic mass is 19.1. The van der Waals surface area contributed by atoms with E-state index >= 15 is 0 Å². The van der Waals surface area contributed by atoms with E-state index in [4.69, 9.17) is 7.85 Å². The summed E-state index contributed by atoms with van der Waals surface area (Å²) in [5, 5.41) is 9.54. The van der Waals surface area contributed by atoms with Crippen LogP contribution >= 0.6 is 0 Å². The van der Waals surface area contributed by atoms with Gasteiger partial charge in [0.2, 0.25) is 0 Å². The van der Waals surface area contributed by atoms with Crippen molar-refractivity contribution in [2.24, 2.45) is 0 Å². The average molecular weight is 234 g/mol. The van der Waals surface area contributed by atoms with E-state index in [0.717, 1.165) is 19.2 Å². The molecule has 86 valence electrons. The molecule has 2 radical (unpaired) electrons. The molecule has 1 aromatic rings. The molecule has 4 nitrogen and oxygen atoms in total. The topological polar surface area (TPSA) is 63.6 Å². The van der Waals surface area contributed by atoms with E-state index in [1.807, 2.05) is 0 Å². The summed E-state index contributed by atoms with van der Waals surface area (Å²) >= 11 is 0. The Morgan fingerprint density at radius 2 is 2.12 bits per heavy atom. The fourth-order valence-electron chi connectivity index (χ4n) is 1.13. The van der Waals surface area contributed by atoms with Crippen molar-refractivity contribution in [3.05, 3.63) is 35.7 Å². The second-order valence-corrected chi connectivity index (χ2v) is 3.12. The van der Waals surface area contributed by atoms with Gasteiger partial charge in [0.1, 0.15) is 19.4 Å². The molecule has 0 aliphatic carbocycles. The molecule has 0 amide bonds. The SMILES string of the molecule is [B]c1cc(F)ccc1C(O)=CC(=O)C(=O)OC. The third-order valence-electron chi connectivity index (χ3n) is 1.94. The van der Waals surface area contributed by atoms with Crippen LogP contribution < -0.4 is 5.46 Å². The maximum absolute atomic E-state index is 12.7. The fraction of sp³-hybridized carbons (Fsp3) is 0.0909. The summed E-state index contributed by atoms with van der Waals surface area (Å²) in [6, 6.07) is 3.25. The van der Waals surface area contributed by atoms with Crippen LogP contribution in [0, 0.1) is 5.82 Å². The Balaban J connectivity index is 3.04. The molecule has 1 rings (SSSR count). The molecule has 0 saturated heterocycles. The Morgan fingerprint density at radius 1 is 1.47 bits per heavy atom. The van der Waals surface area contributed by atoms with Gasteiger partial charge in [-0.25, -0.2) is 9.18 Å². The van der Waals surface area contributed by atoms with Crippen molar-refractivity contribution in [3.8, 4) is 0 Å². The van der Waals surface area contributed by atoms with Gasteiger partial charge in [0.05, 0.1) is 7.11 Å². The standard InChI is InChI=1S/C11H8BFO4/c1-17-11(16)10(15)5-9(14)7-3-2-6(13)4-8(7)12/h2-5,14H,1H3. The lowest BCUT2D eigenvalue weighted by atomic mass is 9.89. The number of aliphatic hydroxyl groups is 1. The number of aliphatic hydroxyl groups excluding tert-OH is 1. The zero-order valence-electron chi connectivity index (χ0n) is 8.94. The monoisotopic (exact) mass is 234 g/mol. The van der Waals surface area contributed by atoms with E-state index in [2.05, 4.69) is 4.74 Å². The molecule has 0 atom stereocenters. The lowest BCUT2D eigenvalue weighted by Gasteiger charge is -2.04. The maximum Gasteiger partial charge on any atom is 0.378 e. The van der Waals surface area contributed by atoms with Gasteiger partial charge in [0.25, 0.3) is 5.78 Å². The van der Waals surface area contributed by atoms with Crippen LogP contribution in [0.1, 0.15) is 5.56 Å². The summed E-state index contributed by atoms with van der Waals surface area (Å²) < 4.78 is 16.9. The number of ether oxygens (including phenoxy) is 1. The predicted molar refractivity (Wildman–Crippen MR) is 59.4 cm³/mol. The van der Waals surface area contributed by atoms with E-state index in [1.165, 1.54) is 6.07 Å². The molecule has 0 bridgehead atoms. The molecule has 0 spiro atoms. The molecule has 17 heavy (non-hydrogen) atoms. The van der Waals surface area contributed by atoms with Crippen LogP contribution in [0.4, 0.5) is 4.39 Å². The third kappa shape index (κ3) is 3.17. The number of carbonyl (C=O) groups excluding carboxylic acids is 2. The highest BCUT2D eigenvalue weighted by molar-refractivity contribution is 6.40. The first-order chi connectivity index (χ1) is 7.95. The van der Waals surface area contributed by atoms with Gasteiger partial charge in [0.15, 0.2) is 0 Å². The normalized spacial score (nSPS) is 11.1. The maximum atomic E-state index is 12.7. The van der Waals surface area contributed by atoms with E-state index in [0.29, 0.717) is 6.08 Å². The van der Waals surface area contributed by atoms with Gasteiger partial charge in [-0.15, -0.1) is 0 Å². The Labute approximate surface area is 98.1 Å². The molecule has 6 heteroatoms. The number of methoxy groups -OCH3 is 1. The zero-order chi connectivity index (χ0) is 13.0. The quantitative estimate of drug-likeness (QED) is 0.268. The number of rotatable bonds is 3. The first kappa shape index (κ1) is 13.0. The number of hydrogen-bond acceptors (Lipinski definition) is 4. The largest absolute Gasteiger partial charge is 0.507 e. The molecule has 0 aliphatic rings. The van der Waals surface area contributed by atoms with E-state index < -0.39 is 23.3 Å². The smallest absolute Gasteiger partial charge is 0.378 e. The van der Waals surface area contributed by atoms with Gasteiger partial charge < -0.3 is 9.84 Å². The van der Waals surface area contributed by atoms with E-state index in [9.17, 15) is 19.1 Å². The first-order valence-electron chi connectivity index (χ1n) is 4.54. The zero-order valence-corrected chi connectivity index (χ0v) is 8.94. The molecule has 0 fully saturated rings. The van der Waals surface area contributed by atoms with Crippen molar-refractivity contribution >= 4 is 30.8 Å². The number of ketones is 1. The van der Waals surface area contributed by atoms with Crippen molar-refractivity contribution in [2.45, 2.75) is 0 Å². The highest BCUT2D eigenvalue weighted by Gasteiger charge is 2.13. The Morgan fingerprint density at radius 3 is 2.65 bits per heavy atom. The van der Waals surface area contributed by atoms with Crippen molar-refractivity contribution in [2.75, 3.05) is 7.11 Å². The lowest BCUT2D eigenvalue weighted by Crippen LogP contribution is -2.15. The van der Waals surface area contributed by atoms with Crippen LogP contribution in [0.25, 0.3) is 5.76 Å². The van der Waals surface area contributed by atoms with Gasteiger partial charge >= 0.3 is 5.97 Å². The van der Waals surface area contributed by atoms with E-state index in [1.54, 1.807) is 0 Å². The van der Waals surface area contributed by atoms with Crippen LogP contribution in [0.2, 0.25) is 0 Å². The van der Waals surface area contributed by atoms with E-state index in [-0.39, 0.29) is 11.0 Å². The van der Waals surface area contributed by atoms with Crippen LogP contribution in [0.3, 0.4) is 0 Å². The number of esters is 1. The van der Waals surface area contributed by atoms with Crippen molar-refractivity contribution in [3.63, 3.8) is 0 Å². The molecule has 0 saturated carbocycles. The second kappa shape index (κ2) is 5.29. The minimum atomic E-state index is -1.11. The fourth-order valence-corrected chi connectivity index (χ4v) is 1.13. The summed E-state index contributed by atoms with van der Waals surface area (Å²) in [7, 11) is 6.48. The molecular weight excluding hydrogens is 226 g/mol. The summed E-state index contributed by atoms with van der Waals surface area (Å²) in [6.45, 7) is 0. The summed E-state index contributed by atoms with van der Waals surface area (Å²) in [4.78, 5) is 21.9. The average Bonchev–Trinajstić information content (AvgIpc) is 2.27. The highest BCUT2D eigenvalue weighted by Crippen LogP contribution is 2.09. The third-order valence-corrected chi connectivity index (χ3v) is 1.94. The Bertz CT molecular complexity index is 496. The molecular formula is C11H8BFO4. The molecule has 0 unspecified atom stereocenters. The molecule has 1 N–H and O–H groups in total. The molecule has 0 aliphatic heterocycles. The summed E-state index contributed by atoms with van der Waals surface area (Å²) in [5.74, 6) is -3.25. The number of halogens is 1. The van der Waals surface area contributed by atoms with Gasteiger partial charge in [-0.2, -0.15) is 0 Å². The molecule has 1 aromatic carbocycles. The summed E-state index contributed by atoms with van der Waals surface area (Å²) in [6.07, 6.45) is 0.662. The second-order valence-electron chi connectivity index (χ2n) is 3.12. The number of benzene rings is 1. The number of carbonyl (C=O) groups is 2. The lowest BCUT2D eigenvalue weighted by molar-refractivity contribution is -0.149. The first-order valence-corrected chi connectivity index (χ1v) is 4.54. The van der Waals surface area contributed by atoms with Crippen molar-refractivity contribution in [1.29, 1.82) is 0 Å². The van der Waals surface area contributed by atoms with Crippen molar-refractivity contribution < 1.29 is 23.8 Å². The van der Waals surface area contributed by atoms with Crippen LogP contribution in [0.5, 0.6) is 0 Å².